The van der Waals surface area contributed by atoms with E-state index in [4.69, 9.17) is 5.11 Å². The van der Waals surface area contributed by atoms with Gasteiger partial charge in [-0.05, 0) is 38.5 Å². The molecule has 12 nitrogen and oxygen atoms in total. The molecule has 162 valence electrons. The van der Waals surface area contributed by atoms with Gasteiger partial charge in [-0.1, -0.05) is 30.3 Å². The summed E-state index contributed by atoms with van der Waals surface area (Å²) in [5.74, 6) is -1.21. The summed E-state index contributed by atoms with van der Waals surface area (Å²) in [4.78, 5) is 30.1. The number of benzene rings is 2. The highest BCUT2D eigenvalue weighted by atomic mass is 16.6. The molecule has 0 aliphatic carbocycles. The van der Waals surface area contributed by atoms with Crippen molar-refractivity contribution in [3.8, 4) is 11.8 Å². The van der Waals surface area contributed by atoms with E-state index in [0.29, 0.717) is 12.1 Å². The Kier molecular flexibility index (Phi) is 7.17. The summed E-state index contributed by atoms with van der Waals surface area (Å²) in [6.07, 6.45) is 1.90. The van der Waals surface area contributed by atoms with Crippen LogP contribution in [0.1, 0.15) is 18.4 Å². The maximum absolute atomic E-state index is 10.4. The van der Waals surface area contributed by atoms with Crippen molar-refractivity contribution < 1.29 is 19.9 Å². The lowest BCUT2D eigenvalue weighted by Gasteiger charge is -2.35. The van der Waals surface area contributed by atoms with Crippen LogP contribution in [0.25, 0.3) is 0 Å². The Morgan fingerprint density at radius 2 is 1.45 bits per heavy atom. The van der Waals surface area contributed by atoms with Crippen molar-refractivity contribution in [2.24, 2.45) is 0 Å². The summed E-state index contributed by atoms with van der Waals surface area (Å²) in [6.45, 7) is 2.03. The van der Waals surface area contributed by atoms with Gasteiger partial charge in [-0.3, -0.25) is 30.3 Å². The predicted molar refractivity (Wildman–Crippen MR) is 109 cm³/mol. The predicted octanol–water partition coefficient (Wildman–Crippen LogP) is 3.29. The first-order valence-corrected chi connectivity index (χ1v) is 9.07. The third-order valence-corrected chi connectivity index (χ3v) is 5.04. The molecule has 1 aliphatic rings. The number of non-ortho nitro benzene ring substituents is 1. The van der Waals surface area contributed by atoms with Crippen LogP contribution in [-0.2, 0) is 5.41 Å². The molecule has 3 rings (SSSR count). The number of hydrogen-bond donors (Lipinski definition) is 1. The second-order valence-electron chi connectivity index (χ2n) is 6.97. The maximum Gasteiger partial charge on any atom is 0.324 e. The molecule has 0 amide bonds. The van der Waals surface area contributed by atoms with E-state index in [0.717, 1.165) is 25.9 Å². The van der Waals surface area contributed by atoms with Crippen LogP contribution in [0.15, 0.2) is 42.5 Å². The fourth-order valence-corrected chi connectivity index (χ4v) is 3.20. The Labute approximate surface area is 176 Å². The Bertz CT molecular complexity index is 993. The smallest absolute Gasteiger partial charge is 0.324 e. The van der Waals surface area contributed by atoms with Crippen LogP contribution in [0.5, 0.6) is 5.75 Å². The van der Waals surface area contributed by atoms with E-state index in [-0.39, 0.29) is 5.41 Å². The monoisotopic (exact) mass is 429 g/mol. The molecule has 1 N–H and O–H groups in total. The second kappa shape index (κ2) is 9.59. The summed E-state index contributed by atoms with van der Waals surface area (Å²) in [7, 11) is 2.12. The minimum Gasteiger partial charge on any atom is -0.497 e. The van der Waals surface area contributed by atoms with E-state index < -0.39 is 37.6 Å². The average molecular weight is 429 g/mol. The summed E-state index contributed by atoms with van der Waals surface area (Å²) in [5, 5.41) is 49.6. The van der Waals surface area contributed by atoms with Crippen LogP contribution in [-0.4, -0.2) is 44.9 Å². The van der Waals surface area contributed by atoms with Gasteiger partial charge in [0.05, 0.1) is 38.4 Å². The van der Waals surface area contributed by atoms with Gasteiger partial charge in [0.1, 0.15) is 0 Å². The molecule has 1 heterocycles. The first-order valence-electron chi connectivity index (χ1n) is 9.07. The van der Waals surface area contributed by atoms with E-state index in [9.17, 15) is 35.6 Å². The lowest BCUT2D eigenvalue weighted by atomic mass is 9.74. The fourth-order valence-electron chi connectivity index (χ4n) is 3.20. The third kappa shape index (κ3) is 5.28. The summed E-state index contributed by atoms with van der Waals surface area (Å²) in [6, 6.07) is 13.6. The molecule has 0 atom stereocenters. The third-order valence-electron chi connectivity index (χ3n) is 5.04. The highest BCUT2D eigenvalue weighted by Crippen LogP contribution is 2.39. The number of nitriles is 1. The van der Waals surface area contributed by atoms with Crippen molar-refractivity contribution in [3.05, 3.63) is 78.4 Å². The minimum absolute atomic E-state index is 0.242. The van der Waals surface area contributed by atoms with Crippen LogP contribution < -0.4 is 0 Å². The van der Waals surface area contributed by atoms with Crippen molar-refractivity contribution in [1.29, 1.82) is 5.26 Å². The number of nitrogens with zero attached hydrogens (tertiary/aromatic N) is 5. The molecule has 2 aromatic rings. The number of hydrogen-bond acceptors (Lipinski definition) is 9. The topological polar surface area (TPSA) is 177 Å². The lowest BCUT2D eigenvalue weighted by Crippen LogP contribution is -2.39. The zero-order chi connectivity index (χ0) is 23.2. The zero-order valence-electron chi connectivity index (χ0n) is 16.5. The van der Waals surface area contributed by atoms with Crippen LogP contribution in [0.3, 0.4) is 0 Å². The lowest BCUT2D eigenvalue weighted by molar-refractivity contribution is -0.404. The standard InChI is InChI=1S/C13H16N2.C6H3N3O7/c1-15-9-7-13(11-14,8-10-15)12-5-3-2-4-6-12;10-6-4(8(13)14)1-3(7(11)12)2-5(6)9(15)16/h2-6H,7-10H2,1H3;1-2,10H. The summed E-state index contributed by atoms with van der Waals surface area (Å²) < 4.78 is 0. The molecule has 0 bridgehead atoms. The molecule has 0 aromatic heterocycles. The molecule has 1 aliphatic heterocycles. The van der Waals surface area contributed by atoms with Gasteiger partial charge in [0, 0.05) is 0 Å². The van der Waals surface area contributed by atoms with Crippen LogP contribution in [0, 0.1) is 41.7 Å². The average Bonchev–Trinajstić information content (AvgIpc) is 2.75. The van der Waals surface area contributed by atoms with Gasteiger partial charge in [0.2, 0.25) is 0 Å². The van der Waals surface area contributed by atoms with Gasteiger partial charge >= 0.3 is 11.4 Å². The highest BCUT2D eigenvalue weighted by Gasteiger charge is 2.35. The van der Waals surface area contributed by atoms with Gasteiger partial charge in [-0.25, -0.2) is 0 Å². The van der Waals surface area contributed by atoms with Crippen molar-refractivity contribution in [2.75, 3.05) is 20.1 Å². The van der Waals surface area contributed by atoms with E-state index in [1.165, 1.54) is 5.56 Å². The number of phenolic OH excluding ortho intramolecular Hbond substituents is 1. The molecule has 0 unspecified atom stereocenters. The fraction of sp³-hybridized carbons (Fsp3) is 0.316. The molecule has 0 saturated carbocycles. The molecular weight excluding hydrogens is 410 g/mol. The summed E-state index contributed by atoms with van der Waals surface area (Å²) >= 11 is 0. The van der Waals surface area contributed by atoms with Gasteiger partial charge in [-0.2, -0.15) is 5.26 Å². The van der Waals surface area contributed by atoms with Crippen LogP contribution in [0.2, 0.25) is 0 Å². The molecular formula is C19H19N5O7. The van der Waals surface area contributed by atoms with Crippen molar-refractivity contribution in [3.63, 3.8) is 0 Å². The Hall–Kier alpha value is -4.11. The number of aromatic hydroxyl groups is 1. The Balaban J connectivity index is 0.000000220. The molecule has 0 radical (unpaired) electrons. The van der Waals surface area contributed by atoms with Crippen LogP contribution in [0.4, 0.5) is 17.1 Å². The van der Waals surface area contributed by atoms with Gasteiger partial charge in [-0.15, -0.1) is 0 Å². The number of nitro groups is 3. The Morgan fingerprint density at radius 1 is 0.968 bits per heavy atom. The first kappa shape index (κ1) is 23.2. The SMILES string of the molecule is CN1CCC(C#N)(c2ccccc2)CC1.O=[N+]([O-])c1cc([N+](=O)[O-])c(O)c([N+](=O)[O-])c1. The van der Waals surface area contributed by atoms with Gasteiger partial charge < -0.3 is 10.0 Å². The molecule has 2 aromatic carbocycles. The van der Waals surface area contributed by atoms with Crippen molar-refractivity contribution >= 4 is 17.1 Å². The number of likely N-dealkylation sites (tertiary alicyclic amines) is 1. The molecule has 0 spiro atoms. The second-order valence-corrected chi connectivity index (χ2v) is 6.97. The first-order chi connectivity index (χ1) is 14.6. The largest absolute Gasteiger partial charge is 0.497 e. The maximum atomic E-state index is 10.4. The van der Waals surface area contributed by atoms with Crippen molar-refractivity contribution in [2.45, 2.75) is 18.3 Å². The zero-order valence-corrected chi connectivity index (χ0v) is 16.5. The van der Waals surface area contributed by atoms with E-state index in [2.05, 4.69) is 30.1 Å². The molecule has 1 saturated heterocycles. The van der Waals surface area contributed by atoms with E-state index in [1.54, 1.807) is 0 Å². The highest BCUT2D eigenvalue weighted by molar-refractivity contribution is 5.64. The minimum atomic E-state index is -1.21. The number of piperidine rings is 1. The molecule has 31 heavy (non-hydrogen) atoms. The normalized spacial score (nSPS) is 15.1. The summed E-state index contributed by atoms with van der Waals surface area (Å²) in [5.41, 5.74) is -2.06. The van der Waals surface area contributed by atoms with Crippen LogP contribution >= 0.6 is 0 Å². The number of rotatable bonds is 4. The van der Waals surface area contributed by atoms with Crippen molar-refractivity contribution in [1.82, 2.24) is 4.90 Å². The molecule has 1 fully saturated rings. The number of phenols is 1. The van der Waals surface area contributed by atoms with E-state index in [1.807, 2.05) is 18.2 Å². The number of nitro benzene ring substituents is 3. The quantitative estimate of drug-likeness (QED) is 0.564. The van der Waals surface area contributed by atoms with E-state index >= 15 is 0 Å². The van der Waals surface area contributed by atoms with Gasteiger partial charge in [0.25, 0.3) is 11.4 Å². The van der Waals surface area contributed by atoms with Gasteiger partial charge in [0.15, 0.2) is 0 Å². The Morgan fingerprint density at radius 3 is 1.84 bits per heavy atom. The molecule has 12 heteroatoms.